The largest absolute Gasteiger partial charge is 0.456 e. The topological polar surface area (TPSA) is 43.4 Å². The summed E-state index contributed by atoms with van der Waals surface area (Å²) in [7, 11) is 0. The summed E-state index contributed by atoms with van der Waals surface area (Å²) in [4.78, 5) is 11.8. The van der Waals surface area contributed by atoms with Crippen molar-refractivity contribution in [3.05, 3.63) is 69.5 Å². The summed E-state index contributed by atoms with van der Waals surface area (Å²) in [6.45, 7) is 1.95. The average molecular weight is 311 g/mol. The van der Waals surface area contributed by atoms with Gasteiger partial charge in [-0.05, 0) is 42.8 Å². The SMILES string of the molecule is Cc1ccc2c(-c3cc4cc(Cl)ccc4o3)cc(=O)oc2c1. The highest BCUT2D eigenvalue weighted by atomic mass is 35.5. The van der Waals surface area contributed by atoms with E-state index in [2.05, 4.69) is 0 Å². The molecule has 0 spiro atoms. The fourth-order valence-corrected chi connectivity index (χ4v) is 2.80. The van der Waals surface area contributed by atoms with E-state index in [-0.39, 0.29) is 0 Å². The lowest BCUT2D eigenvalue weighted by Crippen LogP contribution is -1.97. The molecule has 2 heterocycles. The van der Waals surface area contributed by atoms with Crippen LogP contribution in [0.25, 0.3) is 33.3 Å². The highest BCUT2D eigenvalue weighted by molar-refractivity contribution is 6.31. The number of hydrogen-bond donors (Lipinski definition) is 0. The standard InChI is InChI=1S/C18H11ClO3/c1-10-2-4-13-14(9-18(20)22-16(13)6-10)17-8-11-7-12(19)3-5-15(11)21-17/h2-9H,1H3. The Morgan fingerprint density at radius 3 is 2.64 bits per heavy atom. The van der Waals surface area contributed by atoms with E-state index in [1.165, 1.54) is 6.07 Å². The molecule has 0 aliphatic carbocycles. The minimum Gasteiger partial charge on any atom is -0.456 e. The maximum Gasteiger partial charge on any atom is 0.336 e. The quantitative estimate of drug-likeness (QED) is 0.456. The van der Waals surface area contributed by atoms with Crippen LogP contribution in [-0.2, 0) is 0 Å². The summed E-state index contributed by atoms with van der Waals surface area (Å²) in [6.07, 6.45) is 0. The van der Waals surface area contributed by atoms with Crippen molar-refractivity contribution in [1.29, 1.82) is 0 Å². The number of furan rings is 1. The molecule has 0 bridgehead atoms. The molecule has 0 aliphatic heterocycles. The van der Waals surface area contributed by atoms with Gasteiger partial charge in [-0.3, -0.25) is 0 Å². The zero-order valence-corrected chi connectivity index (χ0v) is 12.5. The van der Waals surface area contributed by atoms with E-state index >= 15 is 0 Å². The second kappa shape index (κ2) is 4.75. The molecule has 2 aromatic carbocycles. The lowest BCUT2D eigenvalue weighted by molar-refractivity contribution is 0.559. The number of benzene rings is 2. The van der Waals surface area contributed by atoms with Gasteiger partial charge in [0.25, 0.3) is 0 Å². The van der Waals surface area contributed by atoms with Crippen LogP contribution in [0.3, 0.4) is 0 Å². The summed E-state index contributed by atoms with van der Waals surface area (Å²) in [5.41, 5.74) is 2.64. The van der Waals surface area contributed by atoms with Crippen LogP contribution in [0.15, 0.2) is 62.2 Å². The van der Waals surface area contributed by atoms with Crippen LogP contribution in [0.2, 0.25) is 5.02 Å². The van der Waals surface area contributed by atoms with Crippen LogP contribution in [0.4, 0.5) is 0 Å². The van der Waals surface area contributed by atoms with E-state index in [9.17, 15) is 4.79 Å². The Kier molecular flexibility index (Phi) is 2.84. The Bertz CT molecular complexity index is 1070. The third-order valence-corrected chi connectivity index (χ3v) is 3.88. The minimum atomic E-state index is -0.397. The average Bonchev–Trinajstić information content (AvgIpc) is 2.88. The van der Waals surface area contributed by atoms with E-state index in [1.54, 1.807) is 6.07 Å². The van der Waals surface area contributed by atoms with Crippen molar-refractivity contribution in [3.8, 4) is 11.3 Å². The third kappa shape index (κ3) is 2.11. The van der Waals surface area contributed by atoms with E-state index in [4.69, 9.17) is 20.4 Å². The van der Waals surface area contributed by atoms with Crippen LogP contribution < -0.4 is 5.63 Å². The third-order valence-electron chi connectivity index (χ3n) is 3.64. The molecule has 3 nitrogen and oxygen atoms in total. The molecule has 0 atom stereocenters. The molecule has 4 aromatic rings. The zero-order valence-electron chi connectivity index (χ0n) is 11.7. The molecular weight excluding hydrogens is 300 g/mol. The number of fused-ring (bicyclic) bond motifs is 2. The highest BCUT2D eigenvalue weighted by Gasteiger charge is 2.12. The Morgan fingerprint density at radius 1 is 0.909 bits per heavy atom. The second-order valence-corrected chi connectivity index (χ2v) is 5.71. The maximum absolute atomic E-state index is 11.8. The van der Waals surface area contributed by atoms with Crippen LogP contribution in [0.5, 0.6) is 0 Å². The zero-order chi connectivity index (χ0) is 15.3. The van der Waals surface area contributed by atoms with Crippen LogP contribution in [0.1, 0.15) is 5.56 Å². The van der Waals surface area contributed by atoms with Gasteiger partial charge in [-0.15, -0.1) is 0 Å². The molecular formula is C18H11ClO3. The summed E-state index contributed by atoms with van der Waals surface area (Å²) in [6, 6.07) is 14.5. The van der Waals surface area contributed by atoms with E-state index in [1.807, 2.05) is 43.3 Å². The Morgan fingerprint density at radius 2 is 1.77 bits per heavy atom. The van der Waals surface area contributed by atoms with Crippen molar-refractivity contribution in [3.63, 3.8) is 0 Å². The Balaban J connectivity index is 2.04. The van der Waals surface area contributed by atoms with Crippen LogP contribution in [0, 0.1) is 6.92 Å². The molecule has 0 amide bonds. The first-order valence-electron chi connectivity index (χ1n) is 6.84. The van der Waals surface area contributed by atoms with E-state index < -0.39 is 5.63 Å². The molecule has 108 valence electrons. The van der Waals surface area contributed by atoms with Gasteiger partial charge < -0.3 is 8.83 Å². The van der Waals surface area contributed by atoms with Gasteiger partial charge in [0.1, 0.15) is 16.9 Å². The fraction of sp³-hybridized carbons (Fsp3) is 0.0556. The molecule has 0 N–H and O–H groups in total. The lowest BCUT2D eigenvalue weighted by Gasteiger charge is -2.03. The first-order chi connectivity index (χ1) is 10.6. The predicted molar refractivity (Wildman–Crippen MR) is 87.4 cm³/mol. The van der Waals surface area contributed by atoms with Crippen LogP contribution >= 0.6 is 11.6 Å². The highest BCUT2D eigenvalue weighted by Crippen LogP contribution is 2.33. The van der Waals surface area contributed by atoms with Crippen molar-refractivity contribution < 1.29 is 8.83 Å². The van der Waals surface area contributed by atoms with Gasteiger partial charge in [0.05, 0.1) is 0 Å². The first kappa shape index (κ1) is 13.2. The molecule has 0 fully saturated rings. The van der Waals surface area contributed by atoms with E-state index in [0.717, 1.165) is 27.5 Å². The molecule has 0 unspecified atom stereocenters. The molecule has 0 saturated carbocycles. The minimum absolute atomic E-state index is 0.397. The van der Waals surface area contributed by atoms with Crippen molar-refractivity contribution in [2.24, 2.45) is 0 Å². The van der Waals surface area contributed by atoms with Crippen molar-refractivity contribution in [2.75, 3.05) is 0 Å². The van der Waals surface area contributed by atoms with Gasteiger partial charge in [0, 0.05) is 27.4 Å². The summed E-state index contributed by atoms with van der Waals surface area (Å²) in [5.74, 6) is 0.624. The number of aryl methyl sites for hydroxylation is 1. The number of rotatable bonds is 1. The second-order valence-electron chi connectivity index (χ2n) is 5.27. The van der Waals surface area contributed by atoms with Gasteiger partial charge in [0.2, 0.25) is 0 Å². The fourth-order valence-electron chi connectivity index (χ4n) is 2.62. The molecule has 4 heteroatoms. The smallest absolute Gasteiger partial charge is 0.336 e. The van der Waals surface area contributed by atoms with Crippen molar-refractivity contribution in [2.45, 2.75) is 6.92 Å². The van der Waals surface area contributed by atoms with Gasteiger partial charge in [-0.2, -0.15) is 0 Å². The number of halogens is 1. The van der Waals surface area contributed by atoms with E-state index in [0.29, 0.717) is 16.4 Å². The first-order valence-corrected chi connectivity index (χ1v) is 7.22. The molecule has 22 heavy (non-hydrogen) atoms. The summed E-state index contributed by atoms with van der Waals surface area (Å²) < 4.78 is 11.1. The normalized spacial score (nSPS) is 11.4. The van der Waals surface area contributed by atoms with Gasteiger partial charge in [-0.25, -0.2) is 4.79 Å². The molecule has 0 aliphatic rings. The molecule has 0 saturated heterocycles. The monoisotopic (exact) mass is 310 g/mol. The summed E-state index contributed by atoms with van der Waals surface area (Å²) >= 11 is 6.00. The Hall–Kier alpha value is -2.52. The molecule has 2 aromatic heterocycles. The molecule has 4 rings (SSSR count). The van der Waals surface area contributed by atoms with Gasteiger partial charge >= 0.3 is 5.63 Å². The van der Waals surface area contributed by atoms with Crippen molar-refractivity contribution in [1.82, 2.24) is 0 Å². The van der Waals surface area contributed by atoms with Crippen LogP contribution in [-0.4, -0.2) is 0 Å². The Labute approximate surface area is 130 Å². The van der Waals surface area contributed by atoms with Gasteiger partial charge in [-0.1, -0.05) is 23.7 Å². The summed E-state index contributed by atoms with van der Waals surface area (Å²) in [5, 5.41) is 2.39. The lowest BCUT2D eigenvalue weighted by atomic mass is 10.1. The predicted octanol–water partition coefficient (Wildman–Crippen LogP) is 5.17. The number of hydrogen-bond acceptors (Lipinski definition) is 3. The molecule has 0 radical (unpaired) electrons. The maximum atomic E-state index is 11.8. The van der Waals surface area contributed by atoms with Crippen molar-refractivity contribution >= 4 is 33.5 Å². The van der Waals surface area contributed by atoms with Gasteiger partial charge in [0.15, 0.2) is 0 Å².